The number of anilines is 1. The first kappa shape index (κ1) is 13.4. The number of benzene rings is 2. The molecular weight excluding hydrogens is 263 g/mol. The van der Waals surface area contributed by atoms with Crippen LogP contribution in [0.4, 0.5) is 10.1 Å². The van der Waals surface area contributed by atoms with Crippen LogP contribution in [0, 0.1) is 24.1 Å². The molecule has 0 bridgehead atoms. The van der Waals surface area contributed by atoms with Gasteiger partial charge in [-0.15, -0.1) is 0 Å². The Morgan fingerprint density at radius 3 is 2.53 bits per heavy atom. The van der Waals surface area contributed by atoms with E-state index in [0.717, 1.165) is 11.3 Å². The average Bonchev–Trinajstić information content (AvgIpc) is 2.41. The minimum Gasteiger partial charge on any atom is -0.366 e. The van der Waals surface area contributed by atoms with Gasteiger partial charge in [0.1, 0.15) is 11.9 Å². The van der Waals surface area contributed by atoms with Gasteiger partial charge in [-0.2, -0.15) is 5.26 Å². The molecule has 0 radical (unpaired) electrons. The lowest BCUT2D eigenvalue weighted by Crippen LogP contribution is -2.10. The van der Waals surface area contributed by atoms with Crippen LogP contribution in [0.3, 0.4) is 0 Å². The van der Waals surface area contributed by atoms with E-state index < -0.39 is 6.04 Å². The molecule has 0 fully saturated rings. The maximum atomic E-state index is 13.3. The summed E-state index contributed by atoms with van der Waals surface area (Å²) >= 11 is 5.80. The number of nitriles is 1. The van der Waals surface area contributed by atoms with Gasteiger partial charge in [0.05, 0.1) is 6.07 Å². The monoisotopic (exact) mass is 274 g/mol. The number of aryl methyl sites for hydroxylation is 1. The van der Waals surface area contributed by atoms with Crippen LogP contribution < -0.4 is 5.32 Å². The van der Waals surface area contributed by atoms with Crippen molar-refractivity contribution in [1.29, 1.82) is 5.26 Å². The first-order valence-electron chi connectivity index (χ1n) is 5.78. The average molecular weight is 275 g/mol. The Morgan fingerprint density at radius 2 is 1.89 bits per heavy atom. The van der Waals surface area contributed by atoms with E-state index in [9.17, 15) is 9.65 Å². The molecule has 0 saturated heterocycles. The summed E-state index contributed by atoms with van der Waals surface area (Å²) in [6.07, 6.45) is 0. The number of nitrogens with one attached hydrogen (secondary N) is 1. The van der Waals surface area contributed by atoms with Crippen LogP contribution >= 0.6 is 11.6 Å². The van der Waals surface area contributed by atoms with Gasteiger partial charge < -0.3 is 5.32 Å². The summed E-state index contributed by atoms with van der Waals surface area (Å²) < 4.78 is 13.3. The molecule has 4 heteroatoms. The Bertz CT molecular complexity index is 617. The molecule has 2 nitrogen and oxygen atoms in total. The summed E-state index contributed by atoms with van der Waals surface area (Å²) in [6.45, 7) is 1.85. The molecule has 0 saturated carbocycles. The highest BCUT2D eigenvalue weighted by Crippen LogP contribution is 2.23. The van der Waals surface area contributed by atoms with E-state index >= 15 is 0 Å². The summed E-state index contributed by atoms with van der Waals surface area (Å²) in [4.78, 5) is 0. The minimum absolute atomic E-state index is 0.348. The summed E-state index contributed by atoms with van der Waals surface area (Å²) in [5.74, 6) is -0.348. The Balaban J connectivity index is 2.28. The van der Waals surface area contributed by atoms with Crippen molar-refractivity contribution in [2.24, 2.45) is 0 Å². The quantitative estimate of drug-likeness (QED) is 0.897. The van der Waals surface area contributed by atoms with Gasteiger partial charge in [0.25, 0.3) is 0 Å². The molecule has 0 aliphatic carbocycles. The van der Waals surface area contributed by atoms with Crippen molar-refractivity contribution in [2.75, 3.05) is 5.32 Å². The van der Waals surface area contributed by atoms with Gasteiger partial charge in [0.15, 0.2) is 0 Å². The molecule has 0 spiro atoms. The highest BCUT2D eigenvalue weighted by atomic mass is 35.5. The van der Waals surface area contributed by atoms with E-state index in [1.165, 1.54) is 12.1 Å². The smallest absolute Gasteiger partial charge is 0.140 e. The second kappa shape index (κ2) is 5.73. The lowest BCUT2D eigenvalue weighted by Gasteiger charge is -2.15. The largest absolute Gasteiger partial charge is 0.366 e. The zero-order chi connectivity index (χ0) is 13.8. The van der Waals surface area contributed by atoms with E-state index in [1.807, 2.05) is 6.92 Å². The highest BCUT2D eigenvalue weighted by molar-refractivity contribution is 6.30. The van der Waals surface area contributed by atoms with Crippen LogP contribution in [0.15, 0.2) is 42.5 Å². The highest BCUT2D eigenvalue weighted by Gasteiger charge is 2.13. The Morgan fingerprint density at radius 1 is 1.21 bits per heavy atom. The molecule has 0 heterocycles. The number of rotatable bonds is 3. The molecular formula is C15H12ClFN2. The van der Waals surface area contributed by atoms with Crippen molar-refractivity contribution < 1.29 is 4.39 Å². The van der Waals surface area contributed by atoms with Gasteiger partial charge >= 0.3 is 0 Å². The lowest BCUT2D eigenvalue weighted by molar-refractivity contribution is 0.624. The fourth-order valence-corrected chi connectivity index (χ4v) is 1.94. The molecule has 1 unspecified atom stereocenters. The zero-order valence-corrected chi connectivity index (χ0v) is 11.1. The van der Waals surface area contributed by atoms with Crippen molar-refractivity contribution in [3.63, 3.8) is 0 Å². The number of halogens is 2. The van der Waals surface area contributed by atoms with Gasteiger partial charge in [0.2, 0.25) is 0 Å². The van der Waals surface area contributed by atoms with E-state index in [1.54, 1.807) is 30.3 Å². The third-order valence-corrected chi connectivity index (χ3v) is 3.09. The fraction of sp³-hybridized carbons (Fsp3) is 0.133. The predicted octanol–water partition coefficient (Wildman–Crippen LogP) is 4.46. The first-order valence-corrected chi connectivity index (χ1v) is 6.15. The van der Waals surface area contributed by atoms with Crippen molar-refractivity contribution in [1.82, 2.24) is 0 Å². The second-order valence-electron chi connectivity index (χ2n) is 4.21. The molecule has 0 aromatic heterocycles. The summed E-state index contributed by atoms with van der Waals surface area (Å²) in [6, 6.07) is 13.0. The standard InChI is InChI=1S/C15H12ClFN2/c1-10-2-5-12(17)8-14(10)15(9-18)19-13-6-3-11(16)4-7-13/h2-8,15,19H,1H3. The Labute approximate surface area is 116 Å². The lowest BCUT2D eigenvalue weighted by atomic mass is 10.0. The minimum atomic E-state index is -0.600. The van der Waals surface area contributed by atoms with Crippen molar-refractivity contribution in [3.8, 4) is 6.07 Å². The van der Waals surface area contributed by atoms with Gasteiger partial charge in [-0.3, -0.25) is 0 Å². The van der Waals surface area contributed by atoms with Gasteiger partial charge in [-0.1, -0.05) is 17.7 Å². The molecule has 2 aromatic carbocycles. The normalized spacial score (nSPS) is 11.7. The summed E-state index contributed by atoms with van der Waals surface area (Å²) in [5.41, 5.74) is 2.27. The fourth-order valence-electron chi connectivity index (χ4n) is 1.81. The number of nitrogens with zero attached hydrogens (tertiary/aromatic N) is 1. The zero-order valence-electron chi connectivity index (χ0n) is 10.3. The number of hydrogen-bond donors (Lipinski definition) is 1. The van der Waals surface area contributed by atoms with Crippen LogP contribution in [-0.2, 0) is 0 Å². The SMILES string of the molecule is Cc1ccc(F)cc1C(C#N)Nc1ccc(Cl)cc1. The molecule has 2 aromatic rings. The van der Waals surface area contributed by atoms with Gasteiger partial charge in [-0.05, 0) is 54.4 Å². The first-order chi connectivity index (χ1) is 9.10. The molecule has 1 atom stereocenters. The van der Waals surface area contributed by atoms with E-state index in [2.05, 4.69) is 11.4 Å². The van der Waals surface area contributed by atoms with E-state index in [0.29, 0.717) is 10.6 Å². The van der Waals surface area contributed by atoms with Crippen LogP contribution in [0.5, 0.6) is 0 Å². The molecule has 96 valence electrons. The third-order valence-electron chi connectivity index (χ3n) is 2.84. The van der Waals surface area contributed by atoms with E-state index in [4.69, 9.17) is 11.6 Å². The molecule has 0 amide bonds. The third kappa shape index (κ3) is 3.24. The number of hydrogen-bond acceptors (Lipinski definition) is 2. The Kier molecular flexibility index (Phi) is 4.03. The summed E-state index contributed by atoms with van der Waals surface area (Å²) in [7, 11) is 0. The van der Waals surface area contributed by atoms with E-state index in [-0.39, 0.29) is 5.82 Å². The topological polar surface area (TPSA) is 35.8 Å². The van der Waals surface area contributed by atoms with Gasteiger partial charge in [-0.25, -0.2) is 4.39 Å². The van der Waals surface area contributed by atoms with Crippen LogP contribution in [0.2, 0.25) is 5.02 Å². The maximum Gasteiger partial charge on any atom is 0.140 e. The van der Waals surface area contributed by atoms with Crippen LogP contribution in [0.1, 0.15) is 17.2 Å². The second-order valence-corrected chi connectivity index (χ2v) is 4.65. The van der Waals surface area contributed by atoms with Crippen molar-refractivity contribution >= 4 is 17.3 Å². The van der Waals surface area contributed by atoms with Gasteiger partial charge in [0, 0.05) is 10.7 Å². The van der Waals surface area contributed by atoms with Crippen LogP contribution in [0.25, 0.3) is 0 Å². The van der Waals surface area contributed by atoms with Crippen molar-refractivity contribution in [3.05, 3.63) is 64.4 Å². The molecule has 19 heavy (non-hydrogen) atoms. The van der Waals surface area contributed by atoms with Crippen molar-refractivity contribution in [2.45, 2.75) is 13.0 Å². The summed E-state index contributed by atoms with van der Waals surface area (Å²) in [5, 5.41) is 12.9. The Hall–Kier alpha value is -2.05. The maximum absolute atomic E-state index is 13.3. The molecule has 1 N–H and O–H groups in total. The molecule has 0 aliphatic heterocycles. The predicted molar refractivity (Wildman–Crippen MR) is 74.6 cm³/mol. The van der Waals surface area contributed by atoms with Crippen LogP contribution in [-0.4, -0.2) is 0 Å². The molecule has 0 aliphatic rings. The molecule has 2 rings (SSSR count).